The summed E-state index contributed by atoms with van der Waals surface area (Å²) in [4.78, 5) is 24.2. The maximum atomic E-state index is 12.0. The van der Waals surface area contributed by atoms with Crippen LogP contribution < -0.4 is 0 Å². The van der Waals surface area contributed by atoms with Crippen molar-refractivity contribution in [3.63, 3.8) is 0 Å². The molecule has 0 aromatic heterocycles. The molecule has 2 fully saturated rings. The molecule has 1 aliphatic carbocycles. The standard InChI is InChI=1S/C12H19NO4/c14-11(15)5-6-13(12(16)9-3-4-9)8-10-2-1-7-17-10/h9-10H,1-8H2,(H,14,15)/t10-/m0/s1. The Bertz CT molecular complexity index is 295. The van der Waals surface area contributed by atoms with Gasteiger partial charge < -0.3 is 14.7 Å². The molecule has 5 heteroatoms. The molecule has 1 amide bonds. The van der Waals surface area contributed by atoms with Crippen LogP contribution in [0.1, 0.15) is 32.1 Å². The van der Waals surface area contributed by atoms with Crippen molar-refractivity contribution in [2.75, 3.05) is 19.7 Å². The smallest absolute Gasteiger partial charge is 0.305 e. The van der Waals surface area contributed by atoms with E-state index >= 15 is 0 Å². The number of carboxylic acids is 1. The summed E-state index contributed by atoms with van der Waals surface area (Å²) < 4.78 is 5.50. The highest BCUT2D eigenvalue weighted by atomic mass is 16.5. The Morgan fingerprint density at radius 2 is 2.06 bits per heavy atom. The van der Waals surface area contributed by atoms with Crippen molar-refractivity contribution in [2.24, 2.45) is 5.92 Å². The van der Waals surface area contributed by atoms with E-state index < -0.39 is 5.97 Å². The van der Waals surface area contributed by atoms with Gasteiger partial charge in [-0.2, -0.15) is 0 Å². The van der Waals surface area contributed by atoms with E-state index in [1.807, 2.05) is 0 Å². The van der Waals surface area contributed by atoms with E-state index in [2.05, 4.69) is 0 Å². The Labute approximate surface area is 101 Å². The van der Waals surface area contributed by atoms with Crippen LogP contribution in [0, 0.1) is 5.92 Å². The third kappa shape index (κ3) is 3.70. The number of carboxylic acid groups (broad SMARTS) is 1. The molecule has 1 saturated heterocycles. The lowest BCUT2D eigenvalue weighted by molar-refractivity contribution is -0.139. The van der Waals surface area contributed by atoms with E-state index in [9.17, 15) is 9.59 Å². The number of rotatable bonds is 6. The van der Waals surface area contributed by atoms with Gasteiger partial charge in [0.1, 0.15) is 0 Å². The first kappa shape index (κ1) is 12.4. The second-order valence-electron chi connectivity index (χ2n) is 4.84. The Balaban J connectivity index is 1.85. The Morgan fingerprint density at radius 3 is 2.59 bits per heavy atom. The molecular weight excluding hydrogens is 222 g/mol. The zero-order chi connectivity index (χ0) is 12.3. The molecule has 2 rings (SSSR count). The van der Waals surface area contributed by atoms with Gasteiger partial charge in [0.05, 0.1) is 12.5 Å². The lowest BCUT2D eigenvalue weighted by Crippen LogP contribution is -2.39. The van der Waals surface area contributed by atoms with Crippen LogP contribution in [0.2, 0.25) is 0 Å². The summed E-state index contributed by atoms with van der Waals surface area (Å²) in [7, 11) is 0. The fraction of sp³-hybridized carbons (Fsp3) is 0.833. The van der Waals surface area contributed by atoms with Crippen molar-refractivity contribution in [3.8, 4) is 0 Å². The van der Waals surface area contributed by atoms with Gasteiger partial charge in [-0.3, -0.25) is 9.59 Å². The number of carbonyl (C=O) groups excluding carboxylic acids is 1. The fourth-order valence-corrected chi connectivity index (χ4v) is 2.14. The van der Waals surface area contributed by atoms with Gasteiger partial charge >= 0.3 is 5.97 Å². The molecule has 1 aliphatic heterocycles. The van der Waals surface area contributed by atoms with Crippen molar-refractivity contribution in [2.45, 2.75) is 38.2 Å². The second kappa shape index (κ2) is 5.49. The molecule has 2 aliphatic rings. The van der Waals surface area contributed by atoms with Gasteiger partial charge in [-0.05, 0) is 25.7 Å². The first-order chi connectivity index (χ1) is 8.16. The Kier molecular flexibility index (Phi) is 3.99. The van der Waals surface area contributed by atoms with E-state index in [4.69, 9.17) is 9.84 Å². The number of hydrogen-bond donors (Lipinski definition) is 1. The normalized spacial score (nSPS) is 23.6. The van der Waals surface area contributed by atoms with E-state index in [1.165, 1.54) is 0 Å². The van der Waals surface area contributed by atoms with E-state index in [-0.39, 0.29) is 24.3 Å². The van der Waals surface area contributed by atoms with Gasteiger partial charge in [-0.25, -0.2) is 0 Å². The summed E-state index contributed by atoms with van der Waals surface area (Å²) in [5.41, 5.74) is 0. The highest BCUT2D eigenvalue weighted by Gasteiger charge is 2.34. The molecule has 0 aromatic rings. The van der Waals surface area contributed by atoms with E-state index in [0.29, 0.717) is 13.1 Å². The first-order valence-corrected chi connectivity index (χ1v) is 6.29. The quantitative estimate of drug-likeness (QED) is 0.749. The molecule has 1 atom stereocenters. The van der Waals surface area contributed by atoms with Gasteiger partial charge in [-0.15, -0.1) is 0 Å². The number of nitrogens with zero attached hydrogens (tertiary/aromatic N) is 1. The van der Waals surface area contributed by atoms with Gasteiger partial charge in [0.15, 0.2) is 0 Å². The third-order valence-electron chi connectivity index (χ3n) is 3.28. The third-order valence-corrected chi connectivity index (χ3v) is 3.28. The zero-order valence-corrected chi connectivity index (χ0v) is 9.93. The number of ether oxygens (including phenoxy) is 1. The molecule has 0 spiro atoms. The molecule has 17 heavy (non-hydrogen) atoms. The van der Waals surface area contributed by atoms with Crippen LogP contribution in [0.3, 0.4) is 0 Å². The summed E-state index contributed by atoms with van der Waals surface area (Å²) in [6.07, 6.45) is 4.04. The predicted molar refractivity (Wildman–Crippen MR) is 60.5 cm³/mol. The number of hydrogen-bond acceptors (Lipinski definition) is 3. The Morgan fingerprint density at radius 1 is 1.29 bits per heavy atom. The fourth-order valence-electron chi connectivity index (χ4n) is 2.14. The highest BCUT2D eigenvalue weighted by molar-refractivity contribution is 5.81. The van der Waals surface area contributed by atoms with Gasteiger partial charge in [0.25, 0.3) is 0 Å². The van der Waals surface area contributed by atoms with Crippen molar-refractivity contribution in [1.29, 1.82) is 0 Å². The molecule has 1 saturated carbocycles. The molecule has 0 radical (unpaired) electrons. The van der Waals surface area contributed by atoms with Crippen molar-refractivity contribution in [3.05, 3.63) is 0 Å². The minimum Gasteiger partial charge on any atom is -0.481 e. The molecule has 1 N–H and O–H groups in total. The van der Waals surface area contributed by atoms with Gasteiger partial charge in [0.2, 0.25) is 5.91 Å². The molecule has 96 valence electrons. The van der Waals surface area contributed by atoms with Gasteiger partial charge in [0, 0.05) is 25.6 Å². The largest absolute Gasteiger partial charge is 0.481 e. The monoisotopic (exact) mass is 241 g/mol. The zero-order valence-electron chi connectivity index (χ0n) is 9.93. The molecule has 0 aromatic carbocycles. The minimum absolute atomic E-state index is 0.0190. The summed E-state index contributed by atoms with van der Waals surface area (Å²) in [5.74, 6) is -0.599. The van der Waals surface area contributed by atoms with E-state index in [1.54, 1.807) is 4.90 Å². The van der Waals surface area contributed by atoms with Gasteiger partial charge in [-0.1, -0.05) is 0 Å². The highest BCUT2D eigenvalue weighted by Crippen LogP contribution is 2.31. The lowest BCUT2D eigenvalue weighted by Gasteiger charge is -2.25. The lowest BCUT2D eigenvalue weighted by atomic mass is 10.2. The number of amides is 1. The molecule has 0 bridgehead atoms. The number of aliphatic carboxylic acids is 1. The van der Waals surface area contributed by atoms with Crippen LogP contribution in [0.4, 0.5) is 0 Å². The average molecular weight is 241 g/mol. The van der Waals surface area contributed by atoms with Crippen LogP contribution in [0.5, 0.6) is 0 Å². The summed E-state index contributed by atoms with van der Waals surface area (Å²) >= 11 is 0. The van der Waals surface area contributed by atoms with Crippen molar-refractivity contribution < 1.29 is 19.4 Å². The topological polar surface area (TPSA) is 66.8 Å². The molecule has 1 heterocycles. The van der Waals surface area contributed by atoms with E-state index in [0.717, 1.165) is 32.3 Å². The van der Waals surface area contributed by atoms with Crippen LogP contribution in [-0.4, -0.2) is 47.7 Å². The molecule has 0 unspecified atom stereocenters. The SMILES string of the molecule is O=C(O)CCN(C[C@@H]1CCCO1)C(=O)C1CC1. The van der Waals surface area contributed by atoms with Crippen LogP contribution in [0.25, 0.3) is 0 Å². The molecular formula is C12H19NO4. The van der Waals surface area contributed by atoms with Crippen molar-refractivity contribution >= 4 is 11.9 Å². The first-order valence-electron chi connectivity index (χ1n) is 6.29. The van der Waals surface area contributed by atoms with Crippen LogP contribution in [0.15, 0.2) is 0 Å². The molecule has 5 nitrogen and oxygen atoms in total. The van der Waals surface area contributed by atoms with Crippen LogP contribution in [-0.2, 0) is 14.3 Å². The summed E-state index contributed by atoms with van der Waals surface area (Å²) in [6.45, 7) is 1.63. The average Bonchev–Trinajstić information content (AvgIpc) is 3.02. The maximum Gasteiger partial charge on any atom is 0.305 e. The van der Waals surface area contributed by atoms with Crippen LogP contribution >= 0.6 is 0 Å². The summed E-state index contributed by atoms with van der Waals surface area (Å²) in [5, 5.41) is 8.69. The maximum absolute atomic E-state index is 12.0. The minimum atomic E-state index is -0.856. The number of carbonyl (C=O) groups is 2. The predicted octanol–water partition coefficient (Wildman–Crippen LogP) is 0.879. The Hall–Kier alpha value is -1.10. The van der Waals surface area contributed by atoms with Crippen molar-refractivity contribution in [1.82, 2.24) is 4.90 Å². The summed E-state index contributed by atoms with van der Waals surface area (Å²) in [6, 6.07) is 0. The second-order valence-corrected chi connectivity index (χ2v) is 4.84.